The molecule has 0 heterocycles. The zero-order valence-electron chi connectivity index (χ0n) is 5.23. The molecule has 1 rings (SSSR count). The Morgan fingerprint density at radius 2 is 1.30 bits per heavy atom. The van der Waals surface area contributed by atoms with E-state index in [1.807, 2.05) is 0 Å². The molecule has 1 aromatic rings. The number of nitriles is 1. The van der Waals surface area contributed by atoms with E-state index in [0.29, 0.717) is 0 Å². The minimum Gasteiger partial charge on any atom is -0.504 e. The van der Waals surface area contributed by atoms with Crippen molar-refractivity contribution in [3.63, 3.8) is 0 Å². The molecule has 52 valence electrons. The maximum absolute atomic E-state index is 8.67. The van der Waals surface area contributed by atoms with E-state index >= 15 is 0 Å². The highest BCUT2D eigenvalue weighted by Gasteiger charge is 1.90. The monoisotopic (exact) mass is 137 g/mol. The number of benzene rings is 1. The average Bonchev–Trinajstić information content (AvgIpc) is 2.00. The van der Waals surface area contributed by atoms with E-state index in [0.717, 1.165) is 0 Å². The summed E-state index contributed by atoms with van der Waals surface area (Å²) >= 11 is 0. The van der Waals surface area contributed by atoms with E-state index in [1.165, 1.54) is 12.1 Å². The van der Waals surface area contributed by atoms with Crippen LogP contribution in [0.2, 0.25) is 0 Å². The molecule has 0 saturated carbocycles. The molecular formula is C7H7NO2. The largest absolute Gasteiger partial charge is 0.504 e. The molecular weight excluding hydrogens is 130 g/mol. The van der Waals surface area contributed by atoms with E-state index in [-0.39, 0.29) is 11.5 Å². The number of hydrogen-bond acceptors (Lipinski definition) is 3. The van der Waals surface area contributed by atoms with Gasteiger partial charge in [-0.05, 0) is 12.1 Å². The van der Waals surface area contributed by atoms with Crippen LogP contribution in [-0.2, 0) is 0 Å². The molecule has 0 aromatic heterocycles. The van der Waals surface area contributed by atoms with Crippen LogP contribution in [0.15, 0.2) is 24.3 Å². The number of phenolic OH excluding ortho intramolecular Hbond substituents is 2. The van der Waals surface area contributed by atoms with Crippen molar-refractivity contribution in [2.24, 2.45) is 0 Å². The Hall–Kier alpha value is -1.69. The molecule has 0 aliphatic heterocycles. The first-order chi connectivity index (χ1) is 4.80. The van der Waals surface area contributed by atoms with Crippen molar-refractivity contribution in [2.75, 3.05) is 0 Å². The second-order valence-corrected chi connectivity index (χ2v) is 1.49. The predicted molar refractivity (Wildman–Crippen MR) is 36.4 cm³/mol. The molecule has 3 nitrogen and oxygen atoms in total. The standard InChI is InChI=1S/C6H6O2.CHN/c7-5-3-1-2-4-6(5)8;1-2/h1-4,7-8H;1H. The summed E-state index contributed by atoms with van der Waals surface area (Å²) in [6, 6.07) is 6.15. The first-order valence-electron chi connectivity index (χ1n) is 2.53. The van der Waals surface area contributed by atoms with E-state index in [9.17, 15) is 0 Å². The van der Waals surface area contributed by atoms with Crippen molar-refractivity contribution >= 4 is 0 Å². The summed E-state index contributed by atoms with van der Waals surface area (Å²) in [7, 11) is 0. The summed E-state index contributed by atoms with van der Waals surface area (Å²) in [6.45, 7) is 3.50. The lowest BCUT2D eigenvalue weighted by atomic mass is 10.3. The highest BCUT2D eigenvalue weighted by Crippen LogP contribution is 2.21. The molecule has 3 heteroatoms. The van der Waals surface area contributed by atoms with Crippen LogP contribution in [0.1, 0.15) is 0 Å². The van der Waals surface area contributed by atoms with Gasteiger partial charge in [-0.25, -0.2) is 5.26 Å². The van der Waals surface area contributed by atoms with Crippen LogP contribution in [0.25, 0.3) is 0 Å². The van der Waals surface area contributed by atoms with Crippen molar-refractivity contribution < 1.29 is 10.2 Å². The van der Waals surface area contributed by atoms with Gasteiger partial charge in [0, 0.05) is 6.57 Å². The van der Waals surface area contributed by atoms with Gasteiger partial charge >= 0.3 is 0 Å². The van der Waals surface area contributed by atoms with E-state index in [2.05, 4.69) is 6.57 Å². The van der Waals surface area contributed by atoms with Crippen LogP contribution < -0.4 is 0 Å². The van der Waals surface area contributed by atoms with Gasteiger partial charge in [-0.2, -0.15) is 0 Å². The zero-order chi connectivity index (χ0) is 7.98. The van der Waals surface area contributed by atoms with E-state index in [4.69, 9.17) is 15.5 Å². The fraction of sp³-hybridized carbons (Fsp3) is 0. The SMILES string of the molecule is C#N.Oc1ccccc1O. The first kappa shape index (κ1) is 8.31. The lowest BCUT2D eigenvalue weighted by Crippen LogP contribution is -1.63. The summed E-state index contributed by atoms with van der Waals surface area (Å²) in [6.07, 6.45) is 0. The van der Waals surface area contributed by atoms with Crippen molar-refractivity contribution in [1.82, 2.24) is 0 Å². The number of hydrogen-bond donors (Lipinski definition) is 2. The van der Waals surface area contributed by atoms with Crippen molar-refractivity contribution in [3.05, 3.63) is 24.3 Å². The fourth-order valence-corrected chi connectivity index (χ4v) is 0.464. The molecule has 0 fully saturated rings. The second-order valence-electron chi connectivity index (χ2n) is 1.49. The van der Waals surface area contributed by atoms with Gasteiger partial charge in [0.25, 0.3) is 0 Å². The van der Waals surface area contributed by atoms with Crippen LogP contribution >= 0.6 is 0 Å². The molecule has 0 aliphatic rings. The number of aromatic hydroxyl groups is 2. The van der Waals surface area contributed by atoms with Gasteiger partial charge in [-0.1, -0.05) is 12.1 Å². The number of nitrogens with zero attached hydrogens (tertiary/aromatic N) is 1. The van der Waals surface area contributed by atoms with Crippen LogP contribution in [0.4, 0.5) is 0 Å². The second kappa shape index (κ2) is 4.21. The minimum absolute atomic E-state index is 0.0764. The fourth-order valence-electron chi connectivity index (χ4n) is 0.464. The van der Waals surface area contributed by atoms with Gasteiger partial charge in [0.2, 0.25) is 0 Å². The third kappa shape index (κ3) is 2.05. The van der Waals surface area contributed by atoms with Crippen LogP contribution in [0.3, 0.4) is 0 Å². The molecule has 0 spiro atoms. The Kier molecular flexibility index (Phi) is 3.50. The Labute approximate surface area is 58.8 Å². The topological polar surface area (TPSA) is 64.2 Å². The molecule has 0 saturated heterocycles. The maximum atomic E-state index is 8.67. The Bertz CT molecular complexity index is 199. The third-order valence-corrected chi connectivity index (χ3v) is 0.882. The Morgan fingerprint density at radius 1 is 1.00 bits per heavy atom. The smallest absolute Gasteiger partial charge is 0.157 e. The summed E-state index contributed by atoms with van der Waals surface area (Å²) in [5, 5.41) is 23.8. The first-order valence-corrected chi connectivity index (χ1v) is 2.53. The lowest BCUT2D eigenvalue weighted by Gasteiger charge is -1.91. The average molecular weight is 137 g/mol. The van der Waals surface area contributed by atoms with E-state index in [1.54, 1.807) is 12.1 Å². The highest BCUT2D eigenvalue weighted by molar-refractivity contribution is 5.36. The molecule has 0 unspecified atom stereocenters. The predicted octanol–water partition coefficient (Wildman–Crippen LogP) is 1.24. The molecule has 2 N–H and O–H groups in total. The number of phenols is 2. The van der Waals surface area contributed by atoms with Crippen LogP contribution in [0, 0.1) is 11.8 Å². The highest BCUT2D eigenvalue weighted by atomic mass is 16.3. The van der Waals surface area contributed by atoms with Gasteiger partial charge in [-0.3, -0.25) is 0 Å². The quantitative estimate of drug-likeness (QED) is 0.528. The lowest BCUT2D eigenvalue weighted by molar-refractivity contribution is 0.404. The van der Waals surface area contributed by atoms with Gasteiger partial charge < -0.3 is 10.2 Å². The van der Waals surface area contributed by atoms with Crippen molar-refractivity contribution in [1.29, 1.82) is 5.26 Å². The summed E-state index contributed by atoms with van der Waals surface area (Å²) < 4.78 is 0. The van der Waals surface area contributed by atoms with Gasteiger partial charge in [-0.15, -0.1) is 0 Å². The van der Waals surface area contributed by atoms with Crippen molar-refractivity contribution in [3.8, 4) is 18.1 Å². The molecule has 0 radical (unpaired) electrons. The molecule has 0 amide bonds. The van der Waals surface area contributed by atoms with Crippen LogP contribution in [-0.4, -0.2) is 10.2 Å². The van der Waals surface area contributed by atoms with Gasteiger partial charge in [0.05, 0.1) is 0 Å². The number of para-hydroxylation sites is 2. The third-order valence-electron chi connectivity index (χ3n) is 0.882. The summed E-state index contributed by atoms with van der Waals surface area (Å²) in [5.74, 6) is -0.153. The normalized spacial score (nSPS) is 7.40. The minimum atomic E-state index is -0.0764. The van der Waals surface area contributed by atoms with E-state index < -0.39 is 0 Å². The summed E-state index contributed by atoms with van der Waals surface area (Å²) in [5.41, 5.74) is 0. The van der Waals surface area contributed by atoms with Gasteiger partial charge in [0.15, 0.2) is 11.5 Å². The van der Waals surface area contributed by atoms with Gasteiger partial charge in [0.1, 0.15) is 0 Å². The van der Waals surface area contributed by atoms with Crippen molar-refractivity contribution in [2.45, 2.75) is 0 Å². The molecule has 1 aromatic carbocycles. The molecule has 0 atom stereocenters. The Balaban J connectivity index is 0.000000371. The summed E-state index contributed by atoms with van der Waals surface area (Å²) in [4.78, 5) is 0. The Morgan fingerprint density at radius 3 is 1.50 bits per heavy atom. The number of rotatable bonds is 0. The molecule has 0 bridgehead atoms. The zero-order valence-corrected chi connectivity index (χ0v) is 5.23. The van der Waals surface area contributed by atoms with Crippen LogP contribution in [0.5, 0.6) is 11.5 Å². The molecule has 10 heavy (non-hydrogen) atoms. The maximum Gasteiger partial charge on any atom is 0.157 e. The molecule has 0 aliphatic carbocycles.